The van der Waals surface area contributed by atoms with E-state index in [4.69, 9.17) is 18.9 Å². The number of nitrogens with one attached hydrogen (secondary N) is 2. The van der Waals surface area contributed by atoms with Crippen LogP contribution in [-0.2, 0) is 4.74 Å². The lowest BCUT2D eigenvalue weighted by molar-refractivity contribution is 0.0594. The van der Waals surface area contributed by atoms with E-state index >= 15 is 0 Å². The smallest absolute Gasteiger partial charge is 0.341 e. The molecule has 0 aliphatic heterocycles. The zero-order valence-corrected chi connectivity index (χ0v) is 22.6. The molecule has 2 N–H and O–H groups in total. The summed E-state index contributed by atoms with van der Waals surface area (Å²) in [4.78, 5) is 25.4. The number of halogens is 2. The van der Waals surface area contributed by atoms with Gasteiger partial charge in [0.2, 0.25) is 0 Å². The summed E-state index contributed by atoms with van der Waals surface area (Å²) in [5, 5.41) is 5.38. The Morgan fingerprint density at radius 3 is 1.78 bits per heavy atom. The molecule has 41 heavy (non-hydrogen) atoms. The van der Waals surface area contributed by atoms with Crippen molar-refractivity contribution in [1.29, 1.82) is 0 Å². The molecular formula is C31H28F2N2O6. The minimum absolute atomic E-state index is 0.0299. The fraction of sp³-hybridized carbons (Fsp3) is 0.161. The normalized spacial score (nSPS) is 10.6. The summed E-state index contributed by atoms with van der Waals surface area (Å²) in [5.41, 5.74) is 1.91. The molecule has 0 heterocycles. The van der Waals surface area contributed by atoms with E-state index in [-0.39, 0.29) is 17.0 Å². The van der Waals surface area contributed by atoms with E-state index in [0.29, 0.717) is 34.9 Å². The van der Waals surface area contributed by atoms with Crippen LogP contribution in [0.1, 0.15) is 34.5 Å². The zero-order chi connectivity index (χ0) is 29.4. The van der Waals surface area contributed by atoms with Gasteiger partial charge in [-0.3, -0.25) is 0 Å². The fourth-order valence-electron chi connectivity index (χ4n) is 4.02. The first-order chi connectivity index (χ1) is 19.8. The number of esters is 1. The molecule has 0 bridgehead atoms. The molecule has 0 aliphatic carbocycles. The molecule has 4 aromatic carbocycles. The number of hydrogen-bond donors (Lipinski definition) is 2. The first-order valence-corrected chi connectivity index (χ1v) is 12.6. The number of anilines is 2. The second-order valence-corrected chi connectivity index (χ2v) is 8.68. The Morgan fingerprint density at radius 1 is 0.732 bits per heavy atom. The van der Waals surface area contributed by atoms with Crippen LogP contribution < -0.4 is 24.8 Å². The highest BCUT2D eigenvalue weighted by Gasteiger charge is 2.22. The number of ether oxygens (including phenoxy) is 4. The maximum atomic E-state index is 13.6. The van der Waals surface area contributed by atoms with Crippen molar-refractivity contribution in [3.05, 3.63) is 113 Å². The second-order valence-electron chi connectivity index (χ2n) is 8.68. The largest absolute Gasteiger partial charge is 0.493 e. The molecule has 0 saturated carbocycles. The Labute approximate surface area is 235 Å². The van der Waals surface area contributed by atoms with Gasteiger partial charge in [-0.15, -0.1) is 0 Å². The molecule has 0 unspecified atom stereocenters. The number of carbonyl (C=O) groups is 2. The average Bonchev–Trinajstić information content (AvgIpc) is 2.98. The fourth-order valence-corrected chi connectivity index (χ4v) is 4.02. The van der Waals surface area contributed by atoms with Crippen molar-refractivity contribution in [2.45, 2.75) is 13.0 Å². The highest BCUT2D eigenvalue weighted by molar-refractivity contribution is 6.01. The lowest BCUT2D eigenvalue weighted by Gasteiger charge is -2.22. The van der Waals surface area contributed by atoms with Gasteiger partial charge in [0.15, 0.2) is 11.5 Å². The third-order valence-corrected chi connectivity index (χ3v) is 5.95. The van der Waals surface area contributed by atoms with Crippen molar-refractivity contribution >= 4 is 23.4 Å². The number of hydrogen-bond acceptors (Lipinski definition) is 6. The Kier molecular flexibility index (Phi) is 9.36. The van der Waals surface area contributed by atoms with Gasteiger partial charge >= 0.3 is 12.0 Å². The van der Waals surface area contributed by atoms with E-state index in [0.717, 1.165) is 0 Å². The first kappa shape index (κ1) is 28.9. The molecule has 0 atom stereocenters. The number of rotatable bonds is 10. The number of methoxy groups -OCH3 is 2. The van der Waals surface area contributed by atoms with Gasteiger partial charge in [-0.25, -0.2) is 18.4 Å². The van der Waals surface area contributed by atoms with Crippen LogP contribution in [0.15, 0.2) is 84.9 Å². The number of carbonyl (C=O) groups excluding carboxylic acids is 2. The quantitative estimate of drug-likeness (QED) is 0.203. The van der Waals surface area contributed by atoms with Gasteiger partial charge in [0.1, 0.15) is 29.1 Å². The molecule has 4 aromatic rings. The average molecular weight is 563 g/mol. The predicted octanol–water partition coefficient (Wildman–Crippen LogP) is 6.97. The van der Waals surface area contributed by atoms with Crippen LogP contribution in [0.3, 0.4) is 0 Å². The van der Waals surface area contributed by atoms with Crippen LogP contribution in [0.25, 0.3) is 0 Å². The maximum Gasteiger partial charge on any atom is 0.341 e. The highest BCUT2D eigenvalue weighted by Crippen LogP contribution is 2.33. The van der Waals surface area contributed by atoms with Gasteiger partial charge in [-0.2, -0.15) is 0 Å². The van der Waals surface area contributed by atoms with Crippen molar-refractivity contribution in [3.8, 4) is 17.2 Å². The van der Waals surface area contributed by atoms with Crippen LogP contribution in [0.4, 0.5) is 25.0 Å². The Hall–Kier alpha value is -5.12. The molecule has 2 amide bonds. The molecule has 0 spiro atoms. The summed E-state index contributed by atoms with van der Waals surface area (Å²) in [6.45, 7) is 2.31. The molecule has 8 nitrogen and oxygen atoms in total. The van der Waals surface area contributed by atoms with Crippen molar-refractivity contribution < 1.29 is 37.3 Å². The molecule has 212 valence electrons. The van der Waals surface area contributed by atoms with E-state index in [1.54, 1.807) is 24.3 Å². The van der Waals surface area contributed by atoms with Gasteiger partial charge in [-0.05, 0) is 72.6 Å². The molecule has 0 fully saturated rings. The monoisotopic (exact) mass is 562 g/mol. The summed E-state index contributed by atoms with van der Waals surface area (Å²) in [6, 6.07) is 20.1. The summed E-state index contributed by atoms with van der Waals surface area (Å²) in [7, 11) is 2.71. The Morgan fingerprint density at radius 2 is 1.27 bits per heavy atom. The highest BCUT2D eigenvalue weighted by atomic mass is 19.1. The van der Waals surface area contributed by atoms with Gasteiger partial charge in [0, 0.05) is 17.4 Å². The van der Waals surface area contributed by atoms with E-state index in [1.165, 1.54) is 74.9 Å². The van der Waals surface area contributed by atoms with Gasteiger partial charge in [0.05, 0.1) is 20.8 Å². The van der Waals surface area contributed by atoms with Crippen molar-refractivity contribution in [1.82, 2.24) is 0 Å². The van der Waals surface area contributed by atoms with Crippen LogP contribution in [-0.4, -0.2) is 32.8 Å². The lowest BCUT2D eigenvalue weighted by atomic mass is 10.0. The van der Waals surface area contributed by atoms with Crippen LogP contribution in [0.5, 0.6) is 17.2 Å². The zero-order valence-electron chi connectivity index (χ0n) is 22.6. The van der Waals surface area contributed by atoms with E-state index in [2.05, 4.69) is 10.6 Å². The summed E-state index contributed by atoms with van der Waals surface area (Å²) < 4.78 is 49.2. The van der Waals surface area contributed by atoms with Crippen LogP contribution in [0, 0.1) is 11.6 Å². The van der Waals surface area contributed by atoms with Crippen molar-refractivity contribution in [2.24, 2.45) is 0 Å². The molecule has 4 rings (SSSR count). The minimum Gasteiger partial charge on any atom is -0.493 e. The van der Waals surface area contributed by atoms with E-state index < -0.39 is 29.7 Å². The van der Waals surface area contributed by atoms with Crippen LogP contribution >= 0.6 is 0 Å². The molecule has 0 saturated heterocycles. The minimum atomic E-state index is -0.809. The molecule has 0 aromatic heterocycles. The predicted molar refractivity (Wildman–Crippen MR) is 150 cm³/mol. The van der Waals surface area contributed by atoms with Crippen molar-refractivity contribution in [2.75, 3.05) is 31.5 Å². The molecular weight excluding hydrogens is 534 g/mol. The van der Waals surface area contributed by atoms with Gasteiger partial charge < -0.3 is 29.6 Å². The third-order valence-electron chi connectivity index (χ3n) is 5.95. The van der Waals surface area contributed by atoms with Crippen molar-refractivity contribution in [3.63, 3.8) is 0 Å². The SMILES string of the molecule is CCOc1ccc(NC(=O)Nc2ccc(OC(c3ccc(F)cc3)c3ccc(F)cc3)c(C(=O)OC)c2)cc1OC. The number of urea groups is 1. The number of benzene rings is 4. The van der Waals surface area contributed by atoms with Gasteiger partial charge in [0.25, 0.3) is 0 Å². The first-order valence-electron chi connectivity index (χ1n) is 12.6. The summed E-state index contributed by atoms with van der Waals surface area (Å²) >= 11 is 0. The Bertz CT molecular complexity index is 1470. The molecule has 0 aliphatic rings. The molecule has 10 heteroatoms. The number of amides is 2. The van der Waals surface area contributed by atoms with Gasteiger partial charge in [-0.1, -0.05) is 24.3 Å². The Balaban J connectivity index is 1.59. The topological polar surface area (TPSA) is 95.1 Å². The van der Waals surface area contributed by atoms with Crippen LogP contribution in [0.2, 0.25) is 0 Å². The van der Waals surface area contributed by atoms with E-state index in [1.807, 2.05) is 6.92 Å². The lowest BCUT2D eigenvalue weighted by Crippen LogP contribution is -2.20. The second kappa shape index (κ2) is 13.3. The third kappa shape index (κ3) is 7.30. The maximum absolute atomic E-state index is 13.6. The standard InChI is InChI=1S/C31H28F2N2O6/c1-4-40-27-16-14-24(18-28(27)38-2)35-31(37)34-23-13-15-26(25(17-23)30(36)39-3)41-29(19-5-9-21(32)10-6-19)20-7-11-22(33)12-8-20/h5-18,29H,4H2,1-3H3,(H2,34,35,37). The summed E-state index contributed by atoms with van der Waals surface area (Å²) in [6.07, 6.45) is -0.809. The molecule has 0 radical (unpaired) electrons. The van der Waals surface area contributed by atoms with E-state index in [9.17, 15) is 18.4 Å². The summed E-state index contributed by atoms with van der Waals surface area (Å²) in [5.74, 6) is -0.441.